The van der Waals surface area contributed by atoms with Gasteiger partial charge >= 0.3 is 0 Å². The average molecular weight is 307 g/mol. The van der Waals surface area contributed by atoms with Crippen LogP contribution < -0.4 is 5.32 Å². The maximum Gasteiger partial charge on any atom is 0.275 e. The molecule has 22 heavy (non-hydrogen) atoms. The zero-order valence-corrected chi connectivity index (χ0v) is 12.7. The minimum atomic E-state index is -0.188. The van der Waals surface area contributed by atoms with E-state index in [0.29, 0.717) is 5.69 Å². The lowest BCUT2D eigenvalue weighted by Crippen LogP contribution is -2.12. The number of imidazole rings is 1. The number of carbonyl (C=O) groups excluding carboxylic acids is 1. The highest BCUT2D eigenvalue weighted by Gasteiger charge is 2.13. The number of rotatable bonds is 2. The maximum absolute atomic E-state index is 12.5. The van der Waals surface area contributed by atoms with Gasteiger partial charge < -0.3 is 5.32 Å². The fourth-order valence-electron chi connectivity index (χ4n) is 2.52. The first-order chi connectivity index (χ1) is 10.7. The van der Waals surface area contributed by atoms with Gasteiger partial charge in [0.1, 0.15) is 5.69 Å². The van der Waals surface area contributed by atoms with E-state index >= 15 is 0 Å². The lowest BCUT2D eigenvalue weighted by Gasteiger charge is -2.07. The van der Waals surface area contributed by atoms with Gasteiger partial charge in [0.25, 0.3) is 5.91 Å². The lowest BCUT2D eigenvalue weighted by atomic mass is 10.1. The molecule has 0 bridgehead atoms. The first kappa shape index (κ1) is 13.0. The van der Waals surface area contributed by atoms with Crippen LogP contribution in [0.4, 0.5) is 5.69 Å². The van der Waals surface area contributed by atoms with Gasteiger partial charge in [0, 0.05) is 28.3 Å². The molecule has 0 aliphatic heterocycles. The van der Waals surface area contributed by atoms with Crippen LogP contribution in [0, 0.1) is 6.92 Å². The normalized spacial score (nSPS) is 11.1. The standard InChI is InChI=1S/C17H13N3OS/c1-11-10-22-17-19-15(9-20(11)17)16(21)18-14-8-4-6-12-5-2-3-7-13(12)14/h2-10H,1H3,(H,18,21). The Kier molecular flexibility index (Phi) is 2.94. The topological polar surface area (TPSA) is 46.4 Å². The first-order valence-corrected chi connectivity index (χ1v) is 7.82. The Morgan fingerprint density at radius 3 is 2.86 bits per heavy atom. The van der Waals surface area contributed by atoms with Gasteiger partial charge in [-0.15, -0.1) is 11.3 Å². The van der Waals surface area contributed by atoms with Crippen LogP contribution in [0.25, 0.3) is 15.7 Å². The number of fused-ring (bicyclic) bond motifs is 2. The van der Waals surface area contributed by atoms with Crippen molar-refractivity contribution in [2.75, 3.05) is 5.32 Å². The van der Waals surface area contributed by atoms with Crippen molar-refractivity contribution in [1.82, 2.24) is 9.38 Å². The second-order valence-electron chi connectivity index (χ2n) is 5.14. The Morgan fingerprint density at radius 1 is 1.18 bits per heavy atom. The van der Waals surface area contributed by atoms with Gasteiger partial charge in [-0.25, -0.2) is 4.98 Å². The third-order valence-corrected chi connectivity index (χ3v) is 4.62. The quantitative estimate of drug-likeness (QED) is 0.606. The van der Waals surface area contributed by atoms with Crippen molar-refractivity contribution in [1.29, 1.82) is 0 Å². The molecule has 2 aromatic heterocycles. The van der Waals surface area contributed by atoms with E-state index < -0.39 is 0 Å². The Balaban J connectivity index is 1.71. The zero-order valence-electron chi connectivity index (χ0n) is 11.9. The van der Waals surface area contributed by atoms with E-state index in [1.54, 1.807) is 6.20 Å². The highest BCUT2D eigenvalue weighted by molar-refractivity contribution is 7.15. The Bertz CT molecular complexity index is 994. The highest BCUT2D eigenvalue weighted by Crippen LogP contribution is 2.24. The van der Waals surface area contributed by atoms with Crippen molar-refractivity contribution in [3.05, 3.63) is 65.4 Å². The minimum absolute atomic E-state index is 0.188. The summed E-state index contributed by atoms with van der Waals surface area (Å²) in [4.78, 5) is 17.7. The number of hydrogen-bond donors (Lipinski definition) is 1. The number of nitrogens with zero attached hydrogens (tertiary/aromatic N) is 2. The maximum atomic E-state index is 12.5. The van der Waals surface area contributed by atoms with Crippen LogP contribution in [0.2, 0.25) is 0 Å². The Morgan fingerprint density at radius 2 is 2.00 bits per heavy atom. The zero-order chi connectivity index (χ0) is 15.1. The second kappa shape index (κ2) is 4.96. The number of hydrogen-bond acceptors (Lipinski definition) is 3. The number of amides is 1. The van der Waals surface area contributed by atoms with Crippen molar-refractivity contribution < 1.29 is 4.79 Å². The molecule has 0 aliphatic rings. The average Bonchev–Trinajstić information content (AvgIpc) is 3.10. The van der Waals surface area contributed by atoms with Crippen molar-refractivity contribution >= 4 is 38.7 Å². The smallest absolute Gasteiger partial charge is 0.275 e. The molecule has 1 N–H and O–H groups in total. The van der Waals surface area contributed by atoms with Gasteiger partial charge in [-0.1, -0.05) is 36.4 Å². The van der Waals surface area contributed by atoms with Gasteiger partial charge in [0.05, 0.1) is 0 Å². The summed E-state index contributed by atoms with van der Waals surface area (Å²) < 4.78 is 1.93. The summed E-state index contributed by atoms with van der Waals surface area (Å²) in [6.45, 7) is 2.00. The molecule has 4 rings (SSSR count). The van der Waals surface area contributed by atoms with Gasteiger partial charge in [0.15, 0.2) is 4.96 Å². The van der Waals surface area contributed by atoms with E-state index in [2.05, 4.69) is 10.3 Å². The number of nitrogens with one attached hydrogen (secondary N) is 1. The third-order valence-electron chi connectivity index (χ3n) is 3.66. The molecule has 2 aromatic carbocycles. The largest absolute Gasteiger partial charge is 0.320 e. The highest BCUT2D eigenvalue weighted by atomic mass is 32.1. The summed E-state index contributed by atoms with van der Waals surface area (Å²) in [5.41, 5.74) is 2.32. The monoisotopic (exact) mass is 307 g/mol. The predicted molar refractivity (Wildman–Crippen MR) is 89.7 cm³/mol. The molecule has 1 amide bonds. The van der Waals surface area contributed by atoms with Gasteiger partial charge in [-0.3, -0.25) is 9.20 Å². The summed E-state index contributed by atoms with van der Waals surface area (Å²) in [7, 11) is 0. The second-order valence-corrected chi connectivity index (χ2v) is 5.97. The molecule has 0 aliphatic carbocycles. The Labute approximate surface area is 131 Å². The molecule has 5 heteroatoms. The molecule has 2 heterocycles. The van der Waals surface area contributed by atoms with Crippen LogP contribution in [0.1, 0.15) is 16.2 Å². The van der Waals surface area contributed by atoms with E-state index in [4.69, 9.17) is 0 Å². The molecule has 0 saturated heterocycles. The van der Waals surface area contributed by atoms with Crippen LogP contribution in [-0.2, 0) is 0 Å². The summed E-state index contributed by atoms with van der Waals surface area (Å²) in [6, 6.07) is 13.9. The summed E-state index contributed by atoms with van der Waals surface area (Å²) in [5.74, 6) is -0.188. The van der Waals surface area contributed by atoms with Crippen LogP contribution in [0.15, 0.2) is 54.0 Å². The predicted octanol–water partition coefficient (Wildman–Crippen LogP) is 4.11. The molecule has 0 fully saturated rings. The number of thiazole rings is 1. The summed E-state index contributed by atoms with van der Waals surface area (Å²) in [5, 5.41) is 7.11. The molecule has 4 aromatic rings. The SMILES string of the molecule is Cc1csc2nc(C(=O)Nc3cccc4ccccc34)cn12. The van der Waals surface area contributed by atoms with Crippen molar-refractivity contribution in [3.8, 4) is 0 Å². The fraction of sp³-hybridized carbons (Fsp3) is 0.0588. The van der Waals surface area contributed by atoms with E-state index in [1.165, 1.54) is 11.3 Å². The van der Waals surface area contributed by atoms with Gasteiger partial charge in [-0.05, 0) is 18.4 Å². The van der Waals surface area contributed by atoms with Gasteiger partial charge in [-0.2, -0.15) is 0 Å². The molecule has 108 valence electrons. The van der Waals surface area contributed by atoms with E-state index in [9.17, 15) is 4.79 Å². The van der Waals surface area contributed by atoms with E-state index in [0.717, 1.165) is 27.1 Å². The van der Waals surface area contributed by atoms with Crippen molar-refractivity contribution in [2.45, 2.75) is 6.92 Å². The van der Waals surface area contributed by atoms with Crippen LogP contribution in [-0.4, -0.2) is 15.3 Å². The molecular weight excluding hydrogens is 294 g/mol. The number of aromatic nitrogens is 2. The van der Waals surface area contributed by atoms with Crippen LogP contribution in [0.3, 0.4) is 0 Å². The summed E-state index contributed by atoms with van der Waals surface area (Å²) >= 11 is 1.53. The van der Waals surface area contributed by atoms with Crippen molar-refractivity contribution in [3.63, 3.8) is 0 Å². The number of aryl methyl sites for hydroxylation is 1. The van der Waals surface area contributed by atoms with Crippen LogP contribution in [0.5, 0.6) is 0 Å². The molecule has 0 atom stereocenters. The number of carbonyl (C=O) groups is 1. The van der Waals surface area contributed by atoms with Gasteiger partial charge in [0.2, 0.25) is 0 Å². The fourth-order valence-corrected chi connectivity index (χ4v) is 3.37. The molecular formula is C17H13N3OS. The Hall–Kier alpha value is -2.66. The molecule has 0 saturated carbocycles. The molecule has 0 spiro atoms. The van der Waals surface area contributed by atoms with Crippen LogP contribution >= 0.6 is 11.3 Å². The number of anilines is 1. The minimum Gasteiger partial charge on any atom is -0.320 e. The lowest BCUT2D eigenvalue weighted by molar-refractivity contribution is 0.102. The summed E-state index contributed by atoms with van der Waals surface area (Å²) in [6.07, 6.45) is 1.78. The van der Waals surface area contributed by atoms with Crippen molar-refractivity contribution in [2.24, 2.45) is 0 Å². The third kappa shape index (κ3) is 2.07. The molecule has 0 radical (unpaired) electrons. The van der Waals surface area contributed by atoms with E-state index in [1.807, 2.05) is 59.2 Å². The molecule has 4 nitrogen and oxygen atoms in total. The molecule has 0 unspecified atom stereocenters. The first-order valence-electron chi connectivity index (χ1n) is 6.95. The number of benzene rings is 2. The van der Waals surface area contributed by atoms with E-state index in [-0.39, 0.29) is 5.91 Å².